The van der Waals surface area contributed by atoms with E-state index in [1.165, 1.54) is 144 Å². The summed E-state index contributed by atoms with van der Waals surface area (Å²) >= 11 is 0. The van der Waals surface area contributed by atoms with Gasteiger partial charge in [-0.3, -0.25) is 9.97 Å². The Labute approximate surface area is 438 Å². The molecule has 76 heavy (non-hydrogen) atoms. The van der Waals surface area contributed by atoms with Crippen molar-refractivity contribution >= 4 is 43.6 Å². The van der Waals surface area contributed by atoms with Crippen LogP contribution in [0.15, 0.2) is 255 Å². The molecule has 10 aromatic carbocycles. The molecule has 0 amide bonds. The summed E-state index contributed by atoms with van der Waals surface area (Å²) in [5, 5.41) is 5.08. The van der Waals surface area contributed by atoms with E-state index in [-0.39, 0.29) is 0 Å². The molecule has 0 fully saturated rings. The van der Waals surface area contributed by atoms with Crippen LogP contribution in [-0.2, 0) is 10.8 Å². The topological polar surface area (TPSA) is 35.6 Å². The normalized spacial score (nSPS) is 16.8. The Kier molecular flexibility index (Phi) is 7.71. The lowest BCUT2D eigenvalue weighted by Gasteiger charge is -2.30. The molecular weight excluding hydrogens is 921 g/mol. The SMILES string of the molecule is c1ccc2c(c1)-c1ccncc1C21c2ccccc2-c2ccc3c(c21)c1ccccc1n3-c1ccc(-c2ccc(-n3c4ccccc4c4c5c(ccc43)-c3ccccc3C53c4ccccc4-c4ccncc43)cc2)cc1. The first-order valence-corrected chi connectivity index (χ1v) is 26.4. The van der Waals surface area contributed by atoms with Crippen LogP contribution in [0.1, 0.15) is 44.5 Å². The van der Waals surface area contributed by atoms with E-state index >= 15 is 0 Å². The molecule has 0 saturated heterocycles. The molecule has 4 heterocycles. The number of rotatable bonds is 3. The summed E-state index contributed by atoms with van der Waals surface area (Å²) in [6.45, 7) is 0. The molecule has 2 spiro atoms. The molecule has 0 bridgehead atoms. The van der Waals surface area contributed by atoms with Gasteiger partial charge in [0, 0.05) is 57.7 Å². The second kappa shape index (κ2) is 14.4. The summed E-state index contributed by atoms with van der Waals surface area (Å²) < 4.78 is 4.95. The van der Waals surface area contributed by atoms with E-state index < -0.39 is 10.8 Å². The minimum Gasteiger partial charge on any atom is -0.309 e. The van der Waals surface area contributed by atoms with Gasteiger partial charge in [0.1, 0.15) is 0 Å². The van der Waals surface area contributed by atoms with Crippen LogP contribution in [0.2, 0.25) is 0 Å². The van der Waals surface area contributed by atoms with Crippen molar-refractivity contribution in [1.29, 1.82) is 0 Å². The quantitative estimate of drug-likeness (QED) is 0.177. The first kappa shape index (κ1) is 40.6. The number of fused-ring (bicyclic) bond motifs is 28. The smallest absolute Gasteiger partial charge is 0.0747 e. The Morgan fingerprint density at radius 2 is 0.605 bits per heavy atom. The van der Waals surface area contributed by atoms with Crippen LogP contribution in [0.4, 0.5) is 0 Å². The van der Waals surface area contributed by atoms with Crippen LogP contribution in [-0.4, -0.2) is 19.1 Å². The van der Waals surface area contributed by atoms with E-state index in [2.05, 4.69) is 252 Å². The minimum absolute atomic E-state index is 0.504. The number of hydrogen-bond acceptors (Lipinski definition) is 2. The van der Waals surface area contributed by atoms with E-state index in [0.29, 0.717) is 0 Å². The lowest BCUT2D eigenvalue weighted by molar-refractivity contribution is 0.796. The number of benzene rings is 10. The maximum absolute atomic E-state index is 4.81. The Morgan fingerprint density at radius 3 is 1.01 bits per heavy atom. The van der Waals surface area contributed by atoms with Crippen LogP contribution in [0.5, 0.6) is 0 Å². The number of pyridine rings is 2. The fraction of sp³-hybridized carbons (Fsp3) is 0.0278. The third kappa shape index (κ3) is 4.74. The zero-order valence-electron chi connectivity index (χ0n) is 41.0. The lowest BCUT2D eigenvalue weighted by atomic mass is 9.70. The van der Waals surface area contributed by atoms with Crippen molar-refractivity contribution in [1.82, 2.24) is 19.1 Å². The maximum atomic E-state index is 4.81. The summed E-state index contributed by atoms with van der Waals surface area (Å²) in [6, 6.07) is 86.3. The molecule has 14 aromatic rings. The summed E-state index contributed by atoms with van der Waals surface area (Å²) in [4.78, 5) is 9.62. The molecule has 4 aromatic heterocycles. The van der Waals surface area contributed by atoms with Crippen LogP contribution in [0, 0.1) is 0 Å². The zero-order valence-corrected chi connectivity index (χ0v) is 41.0. The first-order valence-electron chi connectivity index (χ1n) is 26.4. The van der Waals surface area contributed by atoms with Crippen molar-refractivity contribution in [3.63, 3.8) is 0 Å². The molecule has 4 nitrogen and oxygen atoms in total. The van der Waals surface area contributed by atoms with Gasteiger partial charge in [-0.05, 0) is 161 Å². The highest BCUT2D eigenvalue weighted by atomic mass is 15.0. The van der Waals surface area contributed by atoms with Gasteiger partial charge < -0.3 is 9.13 Å². The van der Waals surface area contributed by atoms with Gasteiger partial charge in [-0.15, -0.1) is 0 Å². The second-order valence-corrected chi connectivity index (χ2v) is 21.1. The molecule has 0 radical (unpaired) electrons. The monoisotopic (exact) mass is 962 g/mol. The molecule has 4 heteroatoms. The number of nitrogens with zero attached hydrogens (tertiary/aromatic N) is 4. The number of para-hydroxylation sites is 2. The highest BCUT2D eigenvalue weighted by molar-refractivity contribution is 6.18. The Balaban J connectivity index is 0.777. The summed E-state index contributed by atoms with van der Waals surface area (Å²) in [7, 11) is 0. The minimum atomic E-state index is -0.504. The van der Waals surface area contributed by atoms with Crippen molar-refractivity contribution in [3.8, 4) is 67.0 Å². The van der Waals surface area contributed by atoms with Gasteiger partial charge in [0.15, 0.2) is 0 Å². The predicted molar refractivity (Wildman–Crippen MR) is 309 cm³/mol. The number of aromatic nitrogens is 4. The van der Waals surface area contributed by atoms with Crippen molar-refractivity contribution in [2.75, 3.05) is 0 Å². The first-order chi connectivity index (χ1) is 37.7. The van der Waals surface area contributed by atoms with E-state index in [0.717, 1.165) is 11.4 Å². The molecule has 4 aliphatic carbocycles. The van der Waals surface area contributed by atoms with Gasteiger partial charge in [-0.1, -0.05) is 170 Å². The molecule has 0 N–H and O–H groups in total. The molecule has 18 rings (SSSR count). The summed E-state index contributed by atoms with van der Waals surface area (Å²) in [5.74, 6) is 0. The van der Waals surface area contributed by atoms with E-state index in [9.17, 15) is 0 Å². The Hall–Kier alpha value is -9.90. The standard InChI is InChI=1S/C72H42N4/c1-7-19-57-47(13-1)51-37-39-73-41-61(51)71(57)59-21-9-3-15-49(59)53-33-35-65-67(69(53)71)55-17-5-11-23-63(55)75(65)45-29-25-43(26-30-45)44-27-31-46(32-28-44)76-64-24-12-6-18-56(64)68-66(76)36-34-54-50-16-4-10-22-60(50)72(70(54)68)58-20-8-2-14-48(58)52-38-40-74-42-62(52)72/h1-42H. The predicted octanol–water partition coefficient (Wildman–Crippen LogP) is 17.0. The molecule has 350 valence electrons. The van der Waals surface area contributed by atoms with E-state index in [4.69, 9.17) is 9.97 Å². The van der Waals surface area contributed by atoms with Gasteiger partial charge in [-0.2, -0.15) is 0 Å². The molecule has 4 aliphatic rings. The van der Waals surface area contributed by atoms with Crippen molar-refractivity contribution in [3.05, 3.63) is 300 Å². The largest absolute Gasteiger partial charge is 0.309 e. The van der Waals surface area contributed by atoms with Crippen molar-refractivity contribution in [2.24, 2.45) is 0 Å². The highest BCUT2D eigenvalue weighted by Gasteiger charge is 2.55. The number of hydrogen-bond donors (Lipinski definition) is 0. The Morgan fingerprint density at radius 1 is 0.263 bits per heavy atom. The third-order valence-electron chi connectivity index (χ3n) is 17.9. The highest BCUT2D eigenvalue weighted by Crippen LogP contribution is 2.66. The van der Waals surface area contributed by atoms with Crippen molar-refractivity contribution < 1.29 is 0 Å². The van der Waals surface area contributed by atoms with Crippen LogP contribution in [0.3, 0.4) is 0 Å². The summed E-state index contributed by atoms with van der Waals surface area (Å²) in [5.41, 5.74) is 29.1. The van der Waals surface area contributed by atoms with Gasteiger partial charge in [0.05, 0.1) is 32.9 Å². The second-order valence-electron chi connectivity index (χ2n) is 21.1. The maximum Gasteiger partial charge on any atom is 0.0747 e. The third-order valence-corrected chi connectivity index (χ3v) is 17.9. The van der Waals surface area contributed by atoms with Gasteiger partial charge in [0.25, 0.3) is 0 Å². The average Bonchev–Trinajstić information content (AvgIpc) is 3.68. The molecule has 0 saturated carbocycles. The van der Waals surface area contributed by atoms with Gasteiger partial charge in [0.2, 0.25) is 0 Å². The Bertz CT molecular complexity index is 4440. The molecule has 0 aliphatic heterocycles. The fourth-order valence-electron chi connectivity index (χ4n) is 15.2. The average molecular weight is 963 g/mol. The molecular formula is C72H42N4. The fourth-order valence-corrected chi connectivity index (χ4v) is 15.2. The van der Waals surface area contributed by atoms with E-state index in [1.54, 1.807) is 0 Å². The summed E-state index contributed by atoms with van der Waals surface area (Å²) in [6.07, 6.45) is 8.13. The van der Waals surface area contributed by atoms with Crippen LogP contribution < -0.4 is 0 Å². The van der Waals surface area contributed by atoms with E-state index in [1.807, 2.05) is 12.4 Å². The van der Waals surface area contributed by atoms with Crippen molar-refractivity contribution in [2.45, 2.75) is 10.8 Å². The van der Waals surface area contributed by atoms with Gasteiger partial charge >= 0.3 is 0 Å². The lowest BCUT2D eigenvalue weighted by Crippen LogP contribution is -2.26. The van der Waals surface area contributed by atoms with Crippen LogP contribution in [0.25, 0.3) is 111 Å². The van der Waals surface area contributed by atoms with Gasteiger partial charge in [-0.25, -0.2) is 0 Å². The zero-order chi connectivity index (χ0) is 49.4. The molecule has 2 unspecified atom stereocenters. The molecule has 2 atom stereocenters. The van der Waals surface area contributed by atoms with Crippen LogP contribution >= 0.6 is 0 Å².